The third kappa shape index (κ3) is 4.00. The van der Waals surface area contributed by atoms with Crippen molar-refractivity contribution in [2.75, 3.05) is 0 Å². The maximum Gasteiger partial charge on any atom is 0.0812 e. The molecule has 0 aliphatic rings. The van der Waals surface area contributed by atoms with Gasteiger partial charge in [0.05, 0.1) is 17.6 Å². The van der Waals surface area contributed by atoms with Crippen molar-refractivity contribution in [1.82, 2.24) is 4.98 Å². The van der Waals surface area contributed by atoms with Crippen molar-refractivity contribution in [3.8, 4) is 0 Å². The number of pyridine rings is 1. The van der Waals surface area contributed by atoms with E-state index >= 15 is 0 Å². The second-order valence-corrected chi connectivity index (χ2v) is 4.14. The smallest absolute Gasteiger partial charge is 0.0812 e. The minimum atomic E-state index is 0. The number of aliphatic imine (C=N–C) groups is 1. The fraction of sp³-hybridized carbons (Fsp3) is 0.250. The monoisotopic (exact) mass is 296 g/mol. The molecule has 3 heteroatoms. The van der Waals surface area contributed by atoms with Crippen LogP contribution in [0.2, 0.25) is 0 Å². The van der Waals surface area contributed by atoms with Gasteiger partial charge >= 0.3 is 0 Å². The van der Waals surface area contributed by atoms with Crippen molar-refractivity contribution in [3.63, 3.8) is 0 Å². The quantitative estimate of drug-likeness (QED) is 0.619. The fourth-order valence-corrected chi connectivity index (χ4v) is 1.96. The Balaban J connectivity index is 0.00000180. The first kappa shape index (κ1) is 15.6. The summed E-state index contributed by atoms with van der Waals surface area (Å²) in [6, 6.07) is 12.2. The maximum absolute atomic E-state index is 4.63. The maximum atomic E-state index is 4.63. The topological polar surface area (TPSA) is 25.2 Å². The zero-order valence-corrected chi connectivity index (χ0v) is 12.2. The van der Waals surface area contributed by atoms with Crippen LogP contribution in [0.4, 0.5) is 5.69 Å². The van der Waals surface area contributed by atoms with E-state index in [0.717, 1.165) is 24.2 Å². The van der Waals surface area contributed by atoms with E-state index in [1.165, 1.54) is 11.1 Å². The van der Waals surface area contributed by atoms with Crippen LogP contribution < -0.4 is 0 Å². The van der Waals surface area contributed by atoms with Gasteiger partial charge in [-0.2, -0.15) is 0 Å². The van der Waals surface area contributed by atoms with E-state index in [1.807, 2.05) is 24.4 Å². The van der Waals surface area contributed by atoms with Gasteiger partial charge in [0, 0.05) is 22.7 Å². The summed E-state index contributed by atoms with van der Waals surface area (Å²) in [7, 11) is 0. The molecule has 0 atom stereocenters. The molecule has 0 spiro atoms. The van der Waals surface area contributed by atoms with E-state index in [0.29, 0.717) is 0 Å². The first-order valence-corrected chi connectivity index (χ1v) is 6.41. The van der Waals surface area contributed by atoms with Crippen molar-refractivity contribution in [3.05, 3.63) is 59.4 Å². The zero-order valence-electron chi connectivity index (χ0n) is 11.2. The average Bonchev–Trinajstić information content (AvgIpc) is 2.45. The molecule has 0 aliphatic carbocycles. The van der Waals surface area contributed by atoms with Crippen LogP contribution >= 0.6 is 0 Å². The summed E-state index contributed by atoms with van der Waals surface area (Å²) in [5.74, 6) is 0. The van der Waals surface area contributed by atoms with Gasteiger partial charge in [0.15, 0.2) is 0 Å². The van der Waals surface area contributed by atoms with Crippen LogP contribution in [0.3, 0.4) is 0 Å². The van der Waals surface area contributed by atoms with Crippen LogP contribution in [-0.4, -0.2) is 11.2 Å². The van der Waals surface area contributed by atoms with E-state index in [9.17, 15) is 0 Å². The van der Waals surface area contributed by atoms with Crippen molar-refractivity contribution in [2.24, 2.45) is 4.99 Å². The first-order chi connectivity index (χ1) is 8.85. The number of para-hydroxylation sites is 1. The molecule has 1 aromatic carbocycles. The van der Waals surface area contributed by atoms with Crippen LogP contribution in [0, 0.1) is 0 Å². The second kappa shape index (κ2) is 7.86. The number of hydrogen-bond donors (Lipinski definition) is 0. The third-order valence-electron chi connectivity index (χ3n) is 2.98. The van der Waals surface area contributed by atoms with E-state index in [2.05, 4.69) is 42.0 Å². The Morgan fingerprint density at radius 2 is 1.68 bits per heavy atom. The number of nitrogens with zero attached hydrogens (tertiary/aromatic N) is 2. The molecule has 0 radical (unpaired) electrons. The zero-order chi connectivity index (χ0) is 12.8. The summed E-state index contributed by atoms with van der Waals surface area (Å²) in [6.07, 6.45) is 5.63. The summed E-state index contributed by atoms with van der Waals surface area (Å²) >= 11 is 0. The molecule has 19 heavy (non-hydrogen) atoms. The number of rotatable bonds is 4. The van der Waals surface area contributed by atoms with E-state index in [4.69, 9.17) is 0 Å². The van der Waals surface area contributed by atoms with E-state index in [1.54, 1.807) is 6.20 Å². The Labute approximate surface area is 124 Å². The second-order valence-electron chi connectivity index (χ2n) is 4.14. The Morgan fingerprint density at radius 3 is 2.21 bits per heavy atom. The van der Waals surface area contributed by atoms with Crippen LogP contribution in [0.1, 0.15) is 30.7 Å². The SMILES string of the molecule is CCc1cccc(CC)c1N=Cc1ccccn1.[Ni]. The number of hydrogen-bond acceptors (Lipinski definition) is 2. The van der Waals surface area contributed by atoms with Crippen LogP contribution in [0.5, 0.6) is 0 Å². The van der Waals surface area contributed by atoms with Gasteiger partial charge in [-0.3, -0.25) is 9.98 Å². The summed E-state index contributed by atoms with van der Waals surface area (Å²) < 4.78 is 0. The van der Waals surface area contributed by atoms with Gasteiger partial charge in [-0.15, -0.1) is 0 Å². The average molecular weight is 297 g/mol. The molecule has 0 saturated heterocycles. The Hall–Kier alpha value is -1.47. The molecule has 0 unspecified atom stereocenters. The molecule has 1 aromatic heterocycles. The summed E-state index contributed by atoms with van der Waals surface area (Å²) in [4.78, 5) is 8.89. The van der Waals surface area contributed by atoms with Gasteiger partial charge in [-0.05, 0) is 36.1 Å². The molecule has 2 rings (SSSR count). The molecular weight excluding hydrogens is 279 g/mol. The van der Waals surface area contributed by atoms with Gasteiger partial charge in [-0.1, -0.05) is 38.1 Å². The molecule has 0 fully saturated rings. The van der Waals surface area contributed by atoms with Crippen molar-refractivity contribution >= 4 is 11.9 Å². The van der Waals surface area contributed by atoms with Gasteiger partial charge in [0.2, 0.25) is 0 Å². The largest absolute Gasteiger partial charge is 0.255 e. The number of benzene rings is 1. The number of aryl methyl sites for hydroxylation is 2. The van der Waals surface area contributed by atoms with Crippen molar-refractivity contribution in [2.45, 2.75) is 26.7 Å². The normalized spacial score (nSPS) is 10.4. The number of aromatic nitrogens is 1. The Kier molecular flexibility index (Phi) is 6.45. The van der Waals surface area contributed by atoms with Gasteiger partial charge in [0.25, 0.3) is 0 Å². The van der Waals surface area contributed by atoms with Crippen LogP contribution in [0.25, 0.3) is 0 Å². The molecule has 102 valence electrons. The predicted molar refractivity (Wildman–Crippen MR) is 76.7 cm³/mol. The first-order valence-electron chi connectivity index (χ1n) is 6.41. The predicted octanol–water partition coefficient (Wildman–Crippen LogP) is 3.95. The summed E-state index contributed by atoms with van der Waals surface area (Å²) in [5, 5.41) is 0. The third-order valence-corrected chi connectivity index (χ3v) is 2.98. The molecule has 2 nitrogen and oxygen atoms in total. The van der Waals surface area contributed by atoms with E-state index < -0.39 is 0 Å². The van der Waals surface area contributed by atoms with Crippen molar-refractivity contribution < 1.29 is 16.5 Å². The molecular formula is C16H18N2Ni. The van der Waals surface area contributed by atoms with Crippen LogP contribution in [-0.2, 0) is 29.3 Å². The van der Waals surface area contributed by atoms with E-state index in [-0.39, 0.29) is 16.5 Å². The van der Waals surface area contributed by atoms with Gasteiger partial charge < -0.3 is 0 Å². The molecule has 2 aromatic rings. The summed E-state index contributed by atoms with van der Waals surface area (Å²) in [5.41, 5.74) is 4.58. The molecule has 0 saturated carbocycles. The minimum Gasteiger partial charge on any atom is -0.255 e. The van der Waals surface area contributed by atoms with Gasteiger partial charge in [0.1, 0.15) is 0 Å². The molecule has 0 aliphatic heterocycles. The molecule has 0 bridgehead atoms. The molecule has 1 heterocycles. The minimum absolute atomic E-state index is 0. The van der Waals surface area contributed by atoms with Gasteiger partial charge in [-0.25, -0.2) is 0 Å². The fourth-order valence-electron chi connectivity index (χ4n) is 1.96. The summed E-state index contributed by atoms with van der Waals surface area (Å²) in [6.45, 7) is 4.32. The van der Waals surface area contributed by atoms with Crippen molar-refractivity contribution in [1.29, 1.82) is 0 Å². The standard InChI is InChI=1S/C16H18N2.Ni/c1-3-13-8-7-9-14(4-2)16(13)18-12-15-10-5-6-11-17-15;/h5-12H,3-4H2,1-2H3;. The Morgan fingerprint density at radius 1 is 1.00 bits per heavy atom. The van der Waals surface area contributed by atoms with Crippen LogP contribution in [0.15, 0.2) is 47.6 Å². The Bertz CT molecular complexity index is 513. The molecule has 0 N–H and O–H groups in total. The molecule has 0 amide bonds.